The molecule has 1 aromatic heterocycles. The summed E-state index contributed by atoms with van der Waals surface area (Å²) in [7, 11) is -3.22. The Morgan fingerprint density at radius 1 is 1.19 bits per heavy atom. The van der Waals surface area contributed by atoms with Gasteiger partial charge in [-0.2, -0.15) is 0 Å². The zero-order valence-electron chi connectivity index (χ0n) is 11.0. The molecule has 4 nitrogen and oxygen atoms in total. The molecule has 1 N–H and O–H groups in total. The first kappa shape index (κ1) is 15.9. The van der Waals surface area contributed by atoms with Crippen LogP contribution < -0.4 is 5.32 Å². The van der Waals surface area contributed by atoms with Gasteiger partial charge in [0.2, 0.25) is 5.91 Å². The molecule has 0 saturated heterocycles. The number of thiophene rings is 1. The lowest BCUT2D eigenvalue weighted by atomic mass is 10.3. The zero-order chi connectivity index (χ0) is 15.5. The fraction of sp³-hybridized carbons (Fsp3) is 0.0714. The third kappa shape index (κ3) is 4.80. The molecular weight excluding hydrogens is 374 g/mol. The van der Waals surface area contributed by atoms with Crippen LogP contribution in [0.4, 0.5) is 5.69 Å². The number of halogens is 1. The molecule has 110 valence electrons. The monoisotopic (exact) mass is 385 g/mol. The molecule has 21 heavy (non-hydrogen) atoms. The standard InChI is InChI=1S/C14H12BrNO3S2/c1-21(18,19)12-6-2-10(3-7-12)16-14(17)9-5-11-4-8-13(15)20-11/h2-9H,1H3,(H,16,17)/b9-5+. The molecule has 7 heteroatoms. The summed E-state index contributed by atoms with van der Waals surface area (Å²) in [5, 5.41) is 2.67. The molecule has 0 spiro atoms. The van der Waals surface area contributed by atoms with E-state index in [4.69, 9.17) is 0 Å². The van der Waals surface area contributed by atoms with Gasteiger partial charge in [0.05, 0.1) is 8.68 Å². The summed E-state index contributed by atoms with van der Waals surface area (Å²) in [6.07, 6.45) is 4.29. The van der Waals surface area contributed by atoms with Gasteiger partial charge in [0.25, 0.3) is 0 Å². The number of carbonyl (C=O) groups is 1. The predicted octanol–water partition coefficient (Wildman–Crippen LogP) is 3.57. The summed E-state index contributed by atoms with van der Waals surface area (Å²) < 4.78 is 23.7. The number of hydrogen-bond acceptors (Lipinski definition) is 4. The largest absolute Gasteiger partial charge is 0.323 e. The molecular formula is C14H12BrNO3S2. The maximum atomic E-state index is 11.8. The van der Waals surface area contributed by atoms with Crippen LogP contribution in [0, 0.1) is 0 Å². The van der Waals surface area contributed by atoms with E-state index >= 15 is 0 Å². The van der Waals surface area contributed by atoms with Crippen LogP contribution in [0.15, 0.2) is 51.2 Å². The van der Waals surface area contributed by atoms with Crippen molar-refractivity contribution >= 4 is 54.8 Å². The van der Waals surface area contributed by atoms with Crippen LogP contribution in [0.25, 0.3) is 6.08 Å². The third-order valence-corrected chi connectivity index (χ3v) is 5.26. The summed E-state index contributed by atoms with van der Waals surface area (Å²) in [6.45, 7) is 0. The summed E-state index contributed by atoms with van der Waals surface area (Å²) >= 11 is 4.87. The van der Waals surface area contributed by atoms with Gasteiger partial charge in [0.15, 0.2) is 9.84 Å². The minimum atomic E-state index is -3.22. The molecule has 0 bridgehead atoms. The first-order valence-electron chi connectivity index (χ1n) is 5.89. The maximum Gasteiger partial charge on any atom is 0.248 e. The van der Waals surface area contributed by atoms with Crippen LogP contribution >= 0.6 is 27.3 Å². The van der Waals surface area contributed by atoms with Crippen LogP contribution in [0.2, 0.25) is 0 Å². The number of anilines is 1. The number of benzene rings is 1. The van der Waals surface area contributed by atoms with Gasteiger partial charge in [-0.15, -0.1) is 11.3 Å². The number of hydrogen-bond donors (Lipinski definition) is 1. The fourth-order valence-electron chi connectivity index (χ4n) is 1.55. The van der Waals surface area contributed by atoms with E-state index in [0.717, 1.165) is 14.9 Å². The van der Waals surface area contributed by atoms with E-state index in [1.807, 2.05) is 12.1 Å². The second kappa shape index (κ2) is 6.55. The van der Waals surface area contributed by atoms with Crippen LogP contribution in [-0.4, -0.2) is 20.6 Å². The van der Waals surface area contributed by atoms with Gasteiger partial charge >= 0.3 is 0 Å². The van der Waals surface area contributed by atoms with E-state index in [1.165, 1.54) is 29.5 Å². The Kier molecular flexibility index (Phi) is 4.97. The van der Waals surface area contributed by atoms with E-state index in [-0.39, 0.29) is 10.8 Å². The Morgan fingerprint density at radius 3 is 2.38 bits per heavy atom. The summed E-state index contributed by atoms with van der Waals surface area (Å²) in [5.74, 6) is -0.272. The van der Waals surface area contributed by atoms with Crippen molar-refractivity contribution in [2.75, 3.05) is 11.6 Å². The van der Waals surface area contributed by atoms with Gasteiger partial charge in [0.1, 0.15) is 0 Å². The molecule has 0 aliphatic heterocycles. The highest BCUT2D eigenvalue weighted by Gasteiger charge is 2.06. The first-order chi connectivity index (χ1) is 9.84. The Hall–Kier alpha value is -1.44. The van der Waals surface area contributed by atoms with Crippen LogP contribution in [-0.2, 0) is 14.6 Å². The zero-order valence-corrected chi connectivity index (χ0v) is 14.3. The third-order valence-electron chi connectivity index (χ3n) is 2.54. The SMILES string of the molecule is CS(=O)(=O)c1ccc(NC(=O)/C=C/c2ccc(Br)s2)cc1. The van der Waals surface area contributed by atoms with Crippen molar-refractivity contribution < 1.29 is 13.2 Å². The van der Waals surface area contributed by atoms with Crippen molar-refractivity contribution in [3.8, 4) is 0 Å². The van der Waals surface area contributed by atoms with Crippen LogP contribution in [0.3, 0.4) is 0 Å². The number of rotatable bonds is 4. The van der Waals surface area contributed by atoms with Crippen molar-refractivity contribution in [3.05, 3.63) is 51.1 Å². The topological polar surface area (TPSA) is 63.2 Å². The molecule has 0 radical (unpaired) electrons. The lowest BCUT2D eigenvalue weighted by molar-refractivity contribution is -0.111. The molecule has 2 rings (SSSR count). The van der Waals surface area contributed by atoms with E-state index in [9.17, 15) is 13.2 Å². The van der Waals surface area contributed by atoms with Crippen molar-refractivity contribution in [2.24, 2.45) is 0 Å². The van der Waals surface area contributed by atoms with Gasteiger partial charge in [-0.05, 0) is 58.4 Å². The Balaban J connectivity index is 2.01. The van der Waals surface area contributed by atoms with Gasteiger partial charge in [-0.1, -0.05) is 0 Å². The quantitative estimate of drug-likeness (QED) is 0.818. The molecule has 0 aliphatic carbocycles. The van der Waals surface area contributed by atoms with Crippen LogP contribution in [0.5, 0.6) is 0 Å². The molecule has 1 aromatic carbocycles. The number of sulfone groups is 1. The van der Waals surface area contributed by atoms with Gasteiger partial charge in [0, 0.05) is 22.9 Å². The predicted molar refractivity (Wildman–Crippen MR) is 89.2 cm³/mol. The number of carbonyl (C=O) groups excluding carboxylic acids is 1. The Morgan fingerprint density at radius 2 is 1.86 bits per heavy atom. The molecule has 0 fully saturated rings. The van der Waals surface area contributed by atoms with E-state index in [0.29, 0.717) is 5.69 Å². The van der Waals surface area contributed by atoms with E-state index in [2.05, 4.69) is 21.2 Å². The highest BCUT2D eigenvalue weighted by molar-refractivity contribution is 9.11. The smallest absolute Gasteiger partial charge is 0.248 e. The molecule has 2 aromatic rings. The van der Waals surface area contributed by atoms with Crippen molar-refractivity contribution in [1.29, 1.82) is 0 Å². The second-order valence-corrected chi connectivity index (χ2v) is 8.77. The van der Waals surface area contributed by atoms with Crippen molar-refractivity contribution in [3.63, 3.8) is 0 Å². The molecule has 0 aliphatic rings. The lowest BCUT2D eigenvalue weighted by Gasteiger charge is -2.03. The van der Waals surface area contributed by atoms with Crippen LogP contribution in [0.1, 0.15) is 4.88 Å². The van der Waals surface area contributed by atoms with Gasteiger partial charge < -0.3 is 5.32 Å². The normalized spacial score (nSPS) is 11.7. The highest BCUT2D eigenvalue weighted by Crippen LogP contribution is 2.23. The second-order valence-electron chi connectivity index (χ2n) is 4.26. The molecule has 1 heterocycles. The number of nitrogens with one attached hydrogen (secondary N) is 1. The Labute approximate surface area is 135 Å². The Bertz CT molecular complexity index is 777. The number of amides is 1. The highest BCUT2D eigenvalue weighted by atomic mass is 79.9. The minimum Gasteiger partial charge on any atom is -0.323 e. The van der Waals surface area contributed by atoms with Crippen molar-refractivity contribution in [2.45, 2.75) is 4.90 Å². The van der Waals surface area contributed by atoms with Crippen molar-refractivity contribution in [1.82, 2.24) is 0 Å². The molecule has 0 atom stereocenters. The molecule has 1 amide bonds. The fourth-order valence-corrected chi connectivity index (χ4v) is 3.50. The lowest BCUT2D eigenvalue weighted by Crippen LogP contribution is -2.07. The molecule has 0 unspecified atom stereocenters. The summed E-state index contributed by atoms with van der Waals surface area (Å²) in [5.41, 5.74) is 0.546. The van der Waals surface area contributed by atoms with Gasteiger partial charge in [-0.3, -0.25) is 4.79 Å². The maximum absolute atomic E-state index is 11.8. The first-order valence-corrected chi connectivity index (χ1v) is 9.39. The summed E-state index contributed by atoms with van der Waals surface area (Å²) in [6, 6.07) is 9.86. The molecule has 0 saturated carbocycles. The van der Waals surface area contributed by atoms with E-state index < -0.39 is 9.84 Å². The average Bonchev–Trinajstić information content (AvgIpc) is 2.82. The minimum absolute atomic E-state index is 0.222. The van der Waals surface area contributed by atoms with Gasteiger partial charge in [-0.25, -0.2) is 8.42 Å². The summed E-state index contributed by atoms with van der Waals surface area (Å²) in [4.78, 5) is 12.9. The van der Waals surface area contributed by atoms with E-state index in [1.54, 1.807) is 18.2 Å². The average molecular weight is 386 g/mol.